The number of carbonyl (C=O) groups is 1. The first kappa shape index (κ1) is 20.5. The third-order valence-corrected chi connectivity index (χ3v) is 5.06. The Bertz CT molecular complexity index is 747. The van der Waals surface area contributed by atoms with Gasteiger partial charge < -0.3 is 4.90 Å². The van der Waals surface area contributed by atoms with Gasteiger partial charge in [-0.3, -0.25) is 9.36 Å². The number of hydrogen-bond acceptors (Lipinski definition) is 4. The zero-order chi connectivity index (χ0) is 19.3. The highest BCUT2D eigenvalue weighted by Gasteiger charge is 2.21. The van der Waals surface area contributed by atoms with Gasteiger partial charge in [-0.2, -0.15) is 0 Å². The molecule has 1 heterocycles. The summed E-state index contributed by atoms with van der Waals surface area (Å²) in [6, 6.07) is 7.79. The second-order valence-corrected chi connectivity index (χ2v) is 7.87. The molecule has 0 aliphatic rings. The SMILES string of the molecule is C=CCn1c(SCC(=O)N(C(C)C)C(C)C)nnc1-c1ccc(Cl)cc1. The number of benzene rings is 1. The molecule has 0 radical (unpaired) electrons. The van der Waals surface area contributed by atoms with Crippen LogP contribution in [0, 0.1) is 0 Å². The van der Waals surface area contributed by atoms with E-state index in [1.54, 1.807) is 6.08 Å². The van der Waals surface area contributed by atoms with Crippen molar-refractivity contribution in [1.29, 1.82) is 0 Å². The largest absolute Gasteiger partial charge is 0.337 e. The van der Waals surface area contributed by atoms with Gasteiger partial charge >= 0.3 is 0 Å². The number of aromatic nitrogens is 3. The minimum atomic E-state index is 0.0983. The molecule has 0 bridgehead atoms. The molecule has 0 saturated heterocycles. The molecule has 0 atom stereocenters. The van der Waals surface area contributed by atoms with Crippen LogP contribution in [0.25, 0.3) is 11.4 Å². The van der Waals surface area contributed by atoms with Crippen molar-refractivity contribution in [2.45, 2.75) is 51.5 Å². The van der Waals surface area contributed by atoms with E-state index in [9.17, 15) is 4.79 Å². The maximum absolute atomic E-state index is 12.6. The van der Waals surface area contributed by atoms with Crippen molar-refractivity contribution in [1.82, 2.24) is 19.7 Å². The number of thioether (sulfide) groups is 1. The Morgan fingerprint density at radius 3 is 2.38 bits per heavy atom. The summed E-state index contributed by atoms with van der Waals surface area (Å²) in [5.74, 6) is 1.16. The van der Waals surface area contributed by atoms with E-state index in [1.165, 1.54) is 11.8 Å². The fourth-order valence-electron chi connectivity index (χ4n) is 2.87. The topological polar surface area (TPSA) is 51.0 Å². The normalized spacial score (nSPS) is 11.2. The van der Waals surface area contributed by atoms with Crippen LogP contribution in [0.2, 0.25) is 5.02 Å². The van der Waals surface area contributed by atoms with Gasteiger partial charge in [-0.1, -0.05) is 29.4 Å². The Morgan fingerprint density at radius 2 is 1.85 bits per heavy atom. The molecule has 0 fully saturated rings. The Balaban J connectivity index is 2.21. The maximum atomic E-state index is 12.6. The summed E-state index contributed by atoms with van der Waals surface area (Å²) in [7, 11) is 0. The molecule has 0 aliphatic carbocycles. The molecule has 1 amide bonds. The van der Waals surface area contributed by atoms with E-state index in [4.69, 9.17) is 11.6 Å². The summed E-state index contributed by atoms with van der Waals surface area (Å²) in [5, 5.41) is 9.96. The second-order valence-electron chi connectivity index (χ2n) is 6.49. The minimum absolute atomic E-state index is 0.0983. The van der Waals surface area contributed by atoms with Gasteiger partial charge in [0, 0.05) is 29.2 Å². The van der Waals surface area contributed by atoms with Gasteiger partial charge in [0.1, 0.15) is 0 Å². The highest BCUT2D eigenvalue weighted by molar-refractivity contribution is 7.99. The van der Waals surface area contributed by atoms with E-state index < -0.39 is 0 Å². The highest BCUT2D eigenvalue weighted by atomic mass is 35.5. The summed E-state index contributed by atoms with van der Waals surface area (Å²) >= 11 is 7.37. The van der Waals surface area contributed by atoms with Gasteiger partial charge in [-0.25, -0.2) is 0 Å². The molecule has 26 heavy (non-hydrogen) atoms. The van der Waals surface area contributed by atoms with Crippen molar-refractivity contribution < 1.29 is 4.79 Å². The van der Waals surface area contributed by atoms with Crippen LogP contribution < -0.4 is 0 Å². The van der Waals surface area contributed by atoms with Crippen LogP contribution in [0.1, 0.15) is 27.7 Å². The van der Waals surface area contributed by atoms with Crippen LogP contribution in [0.15, 0.2) is 42.1 Å². The molecule has 0 unspecified atom stereocenters. The first-order chi connectivity index (χ1) is 12.3. The summed E-state index contributed by atoms with van der Waals surface area (Å²) in [6.45, 7) is 12.5. The standard InChI is InChI=1S/C19H25ClN4OS/c1-6-11-23-18(15-7-9-16(20)10-8-15)21-22-19(23)26-12-17(25)24(13(2)3)14(4)5/h6-10,13-14H,1,11-12H2,2-5H3. The number of carbonyl (C=O) groups excluding carboxylic acids is 1. The molecule has 0 spiro atoms. The number of halogens is 1. The van der Waals surface area contributed by atoms with Gasteiger partial charge in [-0.15, -0.1) is 16.8 Å². The molecule has 140 valence electrons. The molecule has 0 aliphatic heterocycles. The van der Waals surface area contributed by atoms with E-state index in [0.29, 0.717) is 22.5 Å². The van der Waals surface area contributed by atoms with Gasteiger partial charge in [0.05, 0.1) is 5.75 Å². The van der Waals surface area contributed by atoms with E-state index in [-0.39, 0.29) is 18.0 Å². The van der Waals surface area contributed by atoms with Crippen molar-refractivity contribution >= 4 is 29.3 Å². The Kier molecular flexibility index (Phi) is 7.29. The number of amides is 1. The molecule has 5 nitrogen and oxygen atoms in total. The fraction of sp³-hybridized carbons (Fsp3) is 0.421. The average molecular weight is 393 g/mol. The summed E-state index contributed by atoms with van der Waals surface area (Å²) in [4.78, 5) is 14.5. The molecule has 1 aromatic heterocycles. The second kappa shape index (κ2) is 9.24. The zero-order valence-electron chi connectivity index (χ0n) is 15.6. The van der Waals surface area contributed by atoms with Gasteiger partial charge in [-0.05, 0) is 52.0 Å². The molecular formula is C19H25ClN4OS. The minimum Gasteiger partial charge on any atom is -0.337 e. The third-order valence-electron chi connectivity index (χ3n) is 3.86. The molecule has 0 saturated carbocycles. The molecular weight excluding hydrogens is 368 g/mol. The van der Waals surface area contributed by atoms with E-state index >= 15 is 0 Å². The summed E-state index contributed by atoms with van der Waals surface area (Å²) < 4.78 is 1.96. The third kappa shape index (κ3) is 4.89. The van der Waals surface area contributed by atoms with Gasteiger partial charge in [0.15, 0.2) is 11.0 Å². The van der Waals surface area contributed by atoms with Crippen LogP contribution in [0.5, 0.6) is 0 Å². The van der Waals surface area contributed by atoms with Crippen molar-refractivity contribution in [3.8, 4) is 11.4 Å². The van der Waals surface area contributed by atoms with Crippen molar-refractivity contribution in [3.05, 3.63) is 41.9 Å². The van der Waals surface area contributed by atoms with Crippen molar-refractivity contribution in [2.24, 2.45) is 0 Å². The monoisotopic (exact) mass is 392 g/mol. The van der Waals surface area contributed by atoms with E-state index in [1.807, 2.05) is 61.4 Å². The van der Waals surface area contributed by atoms with Crippen molar-refractivity contribution in [3.63, 3.8) is 0 Å². The quantitative estimate of drug-likeness (QED) is 0.489. The van der Waals surface area contributed by atoms with Gasteiger partial charge in [0.2, 0.25) is 5.91 Å². The highest BCUT2D eigenvalue weighted by Crippen LogP contribution is 2.25. The predicted molar refractivity (Wildman–Crippen MR) is 109 cm³/mol. The van der Waals surface area contributed by atoms with Crippen molar-refractivity contribution in [2.75, 3.05) is 5.75 Å². The number of nitrogens with zero attached hydrogens (tertiary/aromatic N) is 4. The average Bonchev–Trinajstić information content (AvgIpc) is 2.96. The van der Waals surface area contributed by atoms with Crippen LogP contribution in [0.4, 0.5) is 0 Å². The lowest BCUT2D eigenvalue weighted by Crippen LogP contribution is -2.43. The molecule has 1 aromatic carbocycles. The van der Waals surface area contributed by atoms with Crippen LogP contribution >= 0.6 is 23.4 Å². The predicted octanol–water partition coefficient (Wildman–Crippen LogP) is 4.52. The Hall–Kier alpha value is -1.79. The maximum Gasteiger partial charge on any atom is 0.233 e. The lowest BCUT2D eigenvalue weighted by Gasteiger charge is -2.30. The van der Waals surface area contributed by atoms with Crippen LogP contribution in [-0.4, -0.2) is 43.4 Å². The summed E-state index contributed by atoms with van der Waals surface area (Å²) in [5.41, 5.74) is 0.924. The smallest absolute Gasteiger partial charge is 0.233 e. The Morgan fingerprint density at radius 1 is 1.23 bits per heavy atom. The Labute approximate surface area is 164 Å². The summed E-state index contributed by atoms with van der Waals surface area (Å²) in [6.07, 6.45) is 1.79. The van der Waals surface area contributed by atoms with E-state index in [0.717, 1.165) is 11.4 Å². The number of hydrogen-bond donors (Lipinski definition) is 0. The number of rotatable bonds is 8. The molecule has 0 N–H and O–H groups in total. The first-order valence-electron chi connectivity index (χ1n) is 8.59. The molecule has 2 rings (SSSR count). The first-order valence-corrected chi connectivity index (χ1v) is 9.95. The lowest BCUT2D eigenvalue weighted by molar-refractivity contribution is -0.131. The molecule has 2 aromatic rings. The molecule has 7 heteroatoms. The van der Waals surface area contributed by atoms with Gasteiger partial charge in [0.25, 0.3) is 0 Å². The zero-order valence-corrected chi connectivity index (χ0v) is 17.2. The van der Waals surface area contributed by atoms with E-state index in [2.05, 4.69) is 16.8 Å². The van der Waals surface area contributed by atoms with Crippen LogP contribution in [-0.2, 0) is 11.3 Å². The number of allylic oxidation sites excluding steroid dienone is 1. The lowest BCUT2D eigenvalue weighted by atomic mass is 10.2. The van der Waals surface area contributed by atoms with Crippen LogP contribution in [0.3, 0.4) is 0 Å². The fourth-order valence-corrected chi connectivity index (χ4v) is 3.82.